The molecule has 1 aliphatic rings. The maximum absolute atomic E-state index is 10.9. The summed E-state index contributed by atoms with van der Waals surface area (Å²) in [5.74, 6) is -0.465. The molecule has 0 saturated carbocycles. The molecule has 0 unspecified atom stereocenters. The summed E-state index contributed by atoms with van der Waals surface area (Å²) in [6.07, 6.45) is 1.55. The minimum absolute atomic E-state index is 0.0828. The number of nitrogens with zero attached hydrogens (tertiary/aromatic N) is 1. The van der Waals surface area contributed by atoms with E-state index in [1.807, 2.05) is 0 Å². The topological polar surface area (TPSA) is 60.8 Å². The molecule has 1 saturated heterocycles. The zero-order chi connectivity index (χ0) is 8.43. The molecule has 0 radical (unpaired) electrons. The second-order valence-corrected chi connectivity index (χ2v) is 2.84. The molecule has 0 aliphatic carbocycles. The lowest BCUT2D eigenvalue weighted by molar-refractivity contribution is -0.128. The van der Waals surface area contributed by atoms with Gasteiger partial charge in [0, 0.05) is 13.5 Å². The van der Waals surface area contributed by atoms with Gasteiger partial charge in [-0.05, 0) is 12.8 Å². The van der Waals surface area contributed by atoms with E-state index < -0.39 is 7.12 Å². The molecule has 0 aromatic carbocycles. The lowest BCUT2D eigenvalue weighted by atomic mass is 9.78. The van der Waals surface area contributed by atoms with Crippen molar-refractivity contribution in [1.82, 2.24) is 4.90 Å². The maximum Gasteiger partial charge on any atom is 0.475 e. The number of carbonyl (C=O) groups is 1. The molecule has 0 aromatic rings. The second-order valence-electron chi connectivity index (χ2n) is 2.84. The number of carbonyl (C=O) groups excluding carboxylic acids is 1. The molecule has 5 heteroatoms. The van der Waals surface area contributed by atoms with Crippen LogP contribution in [0.15, 0.2) is 0 Å². The van der Waals surface area contributed by atoms with Crippen LogP contribution in [0.25, 0.3) is 0 Å². The lowest BCUT2D eigenvalue weighted by Gasteiger charge is -2.21. The molecule has 1 atom stereocenters. The van der Waals surface area contributed by atoms with Gasteiger partial charge >= 0.3 is 7.12 Å². The fraction of sp³-hybridized carbons (Fsp3) is 0.833. The third kappa shape index (κ3) is 1.72. The number of hydrogen-bond acceptors (Lipinski definition) is 3. The predicted molar refractivity (Wildman–Crippen MR) is 40.6 cm³/mol. The van der Waals surface area contributed by atoms with Crippen molar-refractivity contribution in [2.24, 2.45) is 0 Å². The van der Waals surface area contributed by atoms with Crippen molar-refractivity contribution in [3.63, 3.8) is 0 Å². The highest BCUT2D eigenvalue weighted by atomic mass is 16.4. The fourth-order valence-electron chi connectivity index (χ4n) is 1.49. The van der Waals surface area contributed by atoms with Crippen molar-refractivity contribution in [3.05, 3.63) is 0 Å². The molecule has 0 bridgehead atoms. The first-order valence-electron chi connectivity index (χ1n) is 3.76. The highest BCUT2D eigenvalue weighted by molar-refractivity contribution is 6.43. The Labute approximate surface area is 66.0 Å². The van der Waals surface area contributed by atoms with Gasteiger partial charge in [-0.25, -0.2) is 0 Å². The average Bonchev–Trinajstić information content (AvgIpc) is 2.32. The van der Waals surface area contributed by atoms with Crippen LogP contribution in [0.3, 0.4) is 0 Å². The molecule has 1 amide bonds. The Kier molecular flexibility index (Phi) is 2.51. The number of rotatable bonds is 1. The minimum atomic E-state index is -1.39. The van der Waals surface area contributed by atoms with E-state index in [1.54, 1.807) is 0 Å². The van der Waals surface area contributed by atoms with Gasteiger partial charge in [0.1, 0.15) is 0 Å². The van der Waals surface area contributed by atoms with Gasteiger partial charge in [0.2, 0.25) is 5.91 Å². The molecule has 0 spiro atoms. The second kappa shape index (κ2) is 3.23. The van der Waals surface area contributed by atoms with Crippen LogP contribution in [0.4, 0.5) is 0 Å². The van der Waals surface area contributed by atoms with Crippen molar-refractivity contribution < 1.29 is 14.8 Å². The maximum atomic E-state index is 10.9. The molecule has 4 nitrogen and oxygen atoms in total. The van der Waals surface area contributed by atoms with Crippen LogP contribution >= 0.6 is 0 Å². The van der Waals surface area contributed by atoms with E-state index in [2.05, 4.69) is 0 Å². The third-order valence-electron chi connectivity index (χ3n) is 2.05. The highest BCUT2D eigenvalue weighted by Crippen LogP contribution is 2.17. The molecule has 1 heterocycles. The predicted octanol–water partition coefficient (Wildman–Crippen LogP) is -0.991. The molecular weight excluding hydrogens is 145 g/mol. The lowest BCUT2D eigenvalue weighted by Crippen LogP contribution is -2.44. The summed E-state index contributed by atoms with van der Waals surface area (Å²) in [5, 5.41) is 17.7. The minimum Gasteiger partial charge on any atom is -0.426 e. The first-order valence-corrected chi connectivity index (χ1v) is 3.76. The van der Waals surface area contributed by atoms with Crippen molar-refractivity contribution in [2.45, 2.75) is 25.7 Å². The Bertz CT molecular complexity index is 162. The Morgan fingerprint density at radius 3 is 2.64 bits per heavy atom. The van der Waals surface area contributed by atoms with Gasteiger partial charge in [0.25, 0.3) is 0 Å². The summed E-state index contributed by atoms with van der Waals surface area (Å²) >= 11 is 0. The van der Waals surface area contributed by atoms with E-state index >= 15 is 0 Å². The van der Waals surface area contributed by atoms with Gasteiger partial charge in [-0.1, -0.05) is 0 Å². The van der Waals surface area contributed by atoms with Crippen LogP contribution in [-0.2, 0) is 4.79 Å². The summed E-state index contributed by atoms with van der Waals surface area (Å²) < 4.78 is 0. The Morgan fingerprint density at radius 2 is 2.27 bits per heavy atom. The fourth-order valence-corrected chi connectivity index (χ4v) is 1.49. The first kappa shape index (κ1) is 8.55. The monoisotopic (exact) mass is 157 g/mol. The summed E-state index contributed by atoms with van der Waals surface area (Å²) in [7, 11) is -1.39. The molecule has 2 N–H and O–H groups in total. The van der Waals surface area contributed by atoms with Crippen molar-refractivity contribution in [2.75, 3.05) is 6.54 Å². The van der Waals surface area contributed by atoms with Crippen LogP contribution in [0.2, 0.25) is 0 Å². The molecule has 1 fully saturated rings. The number of amides is 1. The van der Waals surface area contributed by atoms with Gasteiger partial charge in [-0.2, -0.15) is 0 Å². The van der Waals surface area contributed by atoms with E-state index in [0.717, 1.165) is 6.42 Å². The van der Waals surface area contributed by atoms with Crippen LogP contribution < -0.4 is 0 Å². The summed E-state index contributed by atoms with van der Waals surface area (Å²) in [6, 6.07) is 0. The zero-order valence-electron chi connectivity index (χ0n) is 6.53. The Balaban J connectivity index is 2.58. The van der Waals surface area contributed by atoms with Gasteiger partial charge in [-0.3, -0.25) is 4.79 Å². The van der Waals surface area contributed by atoms with Gasteiger partial charge < -0.3 is 14.9 Å². The molecule has 0 aromatic heterocycles. The van der Waals surface area contributed by atoms with Gasteiger partial charge in [0.05, 0.1) is 5.94 Å². The molecular formula is C6H12BNO3. The van der Waals surface area contributed by atoms with Crippen LogP contribution in [-0.4, -0.2) is 40.5 Å². The Hall–Kier alpha value is -0.545. The number of likely N-dealkylation sites (tertiary alicyclic amines) is 1. The largest absolute Gasteiger partial charge is 0.475 e. The number of hydrogen-bond donors (Lipinski definition) is 2. The standard InChI is InChI=1S/C6H12BNO3/c1-5(9)8-4-2-3-6(8)7(10)11/h6,10-11H,2-4H2,1H3/t6-/m1/s1. The quantitative estimate of drug-likeness (QED) is 0.480. The van der Waals surface area contributed by atoms with Gasteiger partial charge in [-0.15, -0.1) is 0 Å². The van der Waals surface area contributed by atoms with Crippen molar-refractivity contribution >= 4 is 13.0 Å². The Morgan fingerprint density at radius 1 is 1.64 bits per heavy atom. The molecule has 62 valence electrons. The van der Waals surface area contributed by atoms with Crippen LogP contribution in [0.1, 0.15) is 19.8 Å². The average molecular weight is 157 g/mol. The normalized spacial score (nSPS) is 23.9. The van der Waals surface area contributed by atoms with E-state index in [9.17, 15) is 4.79 Å². The van der Waals surface area contributed by atoms with Crippen molar-refractivity contribution in [1.29, 1.82) is 0 Å². The first-order chi connectivity index (χ1) is 5.13. The molecule has 11 heavy (non-hydrogen) atoms. The summed E-state index contributed by atoms with van der Waals surface area (Å²) in [4.78, 5) is 12.4. The summed E-state index contributed by atoms with van der Waals surface area (Å²) in [5.41, 5.74) is 0. The van der Waals surface area contributed by atoms with Gasteiger partial charge in [0.15, 0.2) is 0 Å². The SMILES string of the molecule is CC(=O)N1CCC[C@@H]1B(O)O. The van der Waals surface area contributed by atoms with Crippen molar-refractivity contribution in [3.8, 4) is 0 Å². The molecule has 1 rings (SSSR count). The van der Waals surface area contributed by atoms with E-state index in [0.29, 0.717) is 13.0 Å². The van der Waals surface area contributed by atoms with E-state index in [-0.39, 0.29) is 11.8 Å². The van der Waals surface area contributed by atoms with E-state index in [1.165, 1.54) is 11.8 Å². The van der Waals surface area contributed by atoms with Crippen LogP contribution in [0, 0.1) is 0 Å². The van der Waals surface area contributed by atoms with E-state index in [4.69, 9.17) is 10.0 Å². The smallest absolute Gasteiger partial charge is 0.426 e. The molecule has 1 aliphatic heterocycles. The van der Waals surface area contributed by atoms with Crippen LogP contribution in [0.5, 0.6) is 0 Å². The highest BCUT2D eigenvalue weighted by Gasteiger charge is 2.35. The zero-order valence-corrected chi connectivity index (χ0v) is 6.53. The third-order valence-corrected chi connectivity index (χ3v) is 2.05. The summed E-state index contributed by atoms with van der Waals surface area (Å²) in [6.45, 7) is 2.10.